The number of nitrogens with one attached hydrogen (secondary N) is 1. The van der Waals surface area contributed by atoms with Crippen LogP contribution in [0.1, 0.15) is 46.0 Å². The first kappa shape index (κ1) is 15.8. The molecule has 1 aliphatic carbocycles. The van der Waals surface area contributed by atoms with Gasteiger partial charge in [0.2, 0.25) is 17.7 Å². The molecule has 21 heavy (non-hydrogen) atoms. The first-order chi connectivity index (χ1) is 9.84. The molecule has 3 amide bonds. The Morgan fingerprint density at radius 2 is 2.00 bits per heavy atom. The van der Waals surface area contributed by atoms with E-state index in [2.05, 4.69) is 5.32 Å². The van der Waals surface area contributed by atoms with Crippen molar-refractivity contribution in [1.82, 2.24) is 10.2 Å². The maximum atomic E-state index is 12.4. The molecule has 2 fully saturated rings. The van der Waals surface area contributed by atoms with Crippen molar-refractivity contribution >= 4 is 17.7 Å². The summed E-state index contributed by atoms with van der Waals surface area (Å²) in [6.45, 7) is 5.20. The number of nitrogens with zero attached hydrogens (tertiary/aromatic N) is 1. The first-order valence-electron chi connectivity index (χ1n) is 7.74. The Morgan fingerprint density at radius 3 is 2.52 bits per heavy atom. The van der Waals surface area contributed by atoms with Crippen LogP contribution in [0.15, 0.2) is 0 Å². The van der Waals surface area contributed by atoms with E-state index in [0.717, 1.165) is 12.8 Å². The smallest absolute Gasteiger partial charge is 0.243 e. The Labute approximate surface area is 125 Å². The van der Waals surface area contributed by atoms with Crippen molar-refractivity contribution in [3.8, 4) is 0 Å². The van der Waals surface area contributed by atoms with E-state index in [4.69, 9.17) is 5.73 Å². The lowest BCUT2D eigenvalue weighted by atomic mass is 9.95. The van der Waals surface area contributed by atoms with E-state index >= 15 is 0 Å². The summed E-state index contributed by atoms with van der Waals surface area (Å²) in [6.07, 6.45) is 3.22. The van der Waals surface area contributed by atoms with E-state index in [-0.39, 0.29) is 24.2 Å². The van der Waals surface area contributed by atoms with Crippen LogP contribution in [0.25, 0.3) is 0 Å². The summed E-state index contributed by atoms with van der Waals surface area (Å²) in [7, 11) is 0. The van der Waals surface area contributed by atoms with E-state index in [1.54, 1.807) is 4.90 Å². The topological polar surface area (TPSA) is 92.5 Å². The van der Waals surface area contributed by atoms with E-state index in [9.17, 15) is 14.4 Å². The average Bonchev–Trinajstić information content (AvgIpc) is 2.98. The summed E-state index contributed by atoms with van der Waals surface area (Å²) in [5.41, 5.74) is 4.57. The molecule has 0 radical (unpaired) electrons. The SMILES string of the molecule is CC(C)CN1C[C@H](C(=O)NC2(C(N)=O)CCCC2)CC1=O. The van der Waals surface area contributed by atoms with Gasteiger partial charge in [-0.1, -0.05) is 26.7 Å². The van der Waals surface area contributed by atoms with Gasteiger partial charge in [0.25, 0.3) is 0 Å². The fraction of sp³-hybridized carbons (Fsp3) is 0.800. The highest BCUT2D eigenvalue weighted by Gasteiger charge is 2.43. The third kappa shape index (κ3) is 3.36. The number of carbonyl (C=O) groups excluding carboxylic acids is 3. The molecule has 0 unspecified atom stereocenters. The molecule has 1 saturated heterocycles. The van der Waals surface area contributed by atoms with E-state index in [0.29, 0.717) is 31.8 Å². The summed E-state index contributed by atoms with van der Waals surface area (Å²) in [6, 6.07) is 0. The van der Waals surface area contributed by atoms with Crippen LogP contribution < -0.4 is 11.1 Å². The highest BCUT2D eigenvalue weighted by Crippen LogP contribution is 2.30. The van der Waals surface area contributed by atoms with Crippen LogP contribution >= 0.6 is 0 Å². The van der Waals surface area contributed by atoms with Gasteiger partial charge in [0, 0.05) is 19.5 Å². The molecule has 1 aliphatic heterocycles. The maximum Gasteiger partial charge on any atom is 0.243 e. The molecule has 6 heteroatoms. The summed E-state index contributed by atoms with van der Waals surface area (Å²) < 4.78 is 0. The van der Waals surface area contributed by atoms with Gasteiger partial charge >= 0.3 is 0 Å². The predicted octanol–water partition coefficient (Wildman–Crippen LogP) is 0.405. The largest absolute Gasteiger partial charge is 0.368 e. The zero-order chi connectivity index (χ0) is 15.6. The summed E-state index contributed by atoms with van der Waals surface area (Å²) in [4.78, 5) is 37.7. The number of amides is 3. The molecule has 2 aliphatic rings. The van der Waals surface area contributed by atoms with Gasteiger partial charge in [0.15, 0.2) is 0 Å². The lowest BCUT2D eigenvalue weighted by Crippen LogP contribution is -2.57. The Morgan fingerprint density at radius 1 is 1.38 bits per heavy atom. The van der Waals surface area contributed by atoms with E-state index in [1.807, 2.05) is 13.8 Å². The van der Waals surface area contributed by atoms with Crippen molar-refractivity contribution in [2.75, 3.05) is 13.1 Å². The summed E-state index contributed by atoms with van der Waals surface area (Å²) in [5.74, 6) is -0.647. The van der Waals surface area contributed by atoms with Crippen LogP contribution in [0.4, 0.5) is 0 Å². The monoisotopic (exact) mass is 295 g/mol. The highest BCUT2D eigenvalue weighted by molar-refractivity contribution is 5.94. The third-order valence-corrected chi connectivity index (χ3v) is 4.46. The standard InChI is InChI=1S/C15H25N3O3/c1-10(2)8-18-9-11(7-12(18)19)13(20)17-15(14(16)21)5-3-4-6-15/h10-11H,3-9H2,1-2H3,(H2,16,21)(H,17,20)/t11-/m1/s1. The second kappa shape index (κ2) is 6.03. The van der Waals surface area contributed by atoms with Crippen LogP contribution in [-0.4, -0.2) is 41.2 Å². The zero-order valence-corrected chi connectivity index (χ0v) is 12.9. The van der Waals surface area contributed by atoms with Crippen molar-refractivity contribution in [3.05, 3.63) is 0 Å². The Bertz CT molecular complexity index is 441. The number of hydrogen-bond donors (Lipinski definition) is 2. The molecular formula is C15H25N3O3. The minimum Gasteiger partial charge on any atom is -0.368 e. The quantitative estimate of drug-likeness (QED) is 0.769. The Hall–Kier alpha value is -1.59. The number of nitrogens with two attached hydrogens (primary N) is 1. The Balaban J connectivity index is 1.98. The van der Waals surface area contributed by atoms with Crippen molar-refractivity contribution in [1.29, 1.82) is 0 Å². The average molecular weight is 295 g/mol. The number of rotatable bonds is 5. The predicted molar refractivity (Wildman–Crippen MR) is 78.1 cm³/mol. The summed E-state index contributed by atoms with van der Waals surface area (Å²) >= 11 is 0. The van der Waals surface area contributed by atoms with Crippen LogP contribution in [-0.2, 0) is 14.4 Å². The van der Waals surface area contributed by atoms with Gasteiger partial charge in [-0.05, 0) is 18.8 Å². The lowest BCUT2D eigenvalue weighted by Gasteiger charge is -2.28. The number of hydrogen-bond acceptors (Lipinski definition) is 3. The van der Waals surface area contributed by atoms with Gasteiger partial charge in [-0.3, -0.25) is 14.4 Å². The molecule has 1 saturated carbocycles. The normalized spacial score (nSPS) is 24.6. The van der Waals surface area contributed by atoms with Crippen molar-refractivity contribution in [3.63, 3.8) is 0 Å². The molecular weight excluding hydrogens is 270 g/mol. The van der Waals surface area contributed by atoms with Crippen molar-refractivity contribution in [2.24, 2.45) is 17.6 Å². The number of likely N-dealkylation sites (tertiary alicyclic amines) is 1. The number of carbonyl (C=O) groups is 3. The first-order valence-corrected chi connectivity index (χ1v) is 7.74. The van der Waals surface area contributed by atoms with Gasteiger partial charge in [-0.2, -0.15) is 0 Å². The van der Waals surface area contributed by atoms with Crippen LogP contribution in [0.5, 0.6) is 0 Å². The van der Waals surface area contributed by atoms with E-state index in [1.165, 1.54) is 0 Å². The van der Waals surface area contributed by atoms with Crippen molar-refractivity contribution in [2.45, 2.75) is 51.5 Å². The molecule has 0 spiro atoms. The minimum atomic E-state index is -0.897. The fourth-order valence-electron chi connectivity index (χ4n) is 3.31. The van der Waals surface area contributed by atoms with Crippen LogP contribution in [0.2, 0.25) is 0 Å². The zero-order valence-electron chi connectivity index (χ0n) is 12.9. The second-order valence-corrected chi connectivity index (χ2v) is 6.74. The van der Waals surface area contributed by atoms with Crippen molar-refractivity contribution < 1.29 is 14.4 Å². The third-order valence-electron chi connectivity index (χ3n) is 4.46. The Kier molecular flexibility index (Phi) is 4.54. The second-order valence-electron chi connectivity index (χ2n) is 6.74. The van der Waals surface area contributed by atoms with Crippen LogP contribution in [0.3, 0.4) is 0 Å². The molecule has 0 bridgehead atoms. The molecule has 1 heterocycles. The maximum absolute atomic E-state index is 12.4. The van der Waals surface area contributed by atoms with Gasteiger partial charge < -0.3 is 16.0 Å². The van der Waals surface area contributed by atoms with Gasteiger partial charge in [0.1, 0.15) is 5.54 Å². The fourth-order valence-corrected chi connectivity index (χ4v) is 3.31. The van der Waals surface area contributed by atoms with E-state index < -0.39 is 11.4 Å². The molecule has 0 aromatic rings. The molecule has 2 rings (SSSR count). The number of primary amides is 1. The minimum absolute atomic E-state index is 0.0170. The molecule has 1 atom stereocenters. The van der Waals surface area contributed by atoms with Gasteiger partial charge in [0.05, 0.1) is 5.92 Å². The van der Waals surface area contributed by atoms with Gasteiger partial charge in [-0.25, -0.2) is 0 Å². The molecule has 3 N–H and O–H groups in total. The molecule has 6 nitrogen and oxygen atoms in total. The lowest BCUT2D eigenvalue weighted by molar-refractivity contribution is -0.133. The highest BCUT2D eigenvalue weighted by atomic mass is 16.2. The summed E-state index contributed by atoms with van der Waals surface area (Å²) in [5, 5.41) is 2.84. The molecule has 0 aromatic carbocycles. The molecule has 118 valence electrons. The molecule has 0 aromatic heterocycles. The van der Waals surface area contributed by atoms with Gasteiger partial charge in [-0.15, -0.1) is 0 Å². The van der Waals surface area contributed by atoms with Crippen LogP contribution in [0, 0.1) is 11.8 Å².